The van der Waals surface area contributed by atoms with Crippen molar-refractivity contribution >= 4 is 17.3 Å². The Morgan fingerprint density at radius 3 is 2.74 bits per heavy atom. The number of aromatic amines is 1. The van der Waals surface area contributed by atoms with E-state index in [0.717, 1.165) is 24.4 Å². The average Bonchev–Trinajstić information content (AvgIpc) is 3.08. The van der Waals surface area contributed by atoms with E-state index in [9.17, 15) is 0 Å². The van der Waals surface area contributed by atoms with Crippen LogP contribution in [0.3, 0.4) is 0 Å². The SMILES string of the molecule is C=C1Cc2ccc(C)cc2/C1=C/c1[nH]c(C)c(C(=C)NCCCCC)c1C. The number of H-pyrrole nitrogens is 1. The zero-order valence-electron chi connectivity index (χ0n) is 17.3. The van der Waals surface area contributed by atoms with Gasteiger partial charge in [0.1, 0.15) is 0 Å². The number of hydrogen-bond acceptors (Lipinski definition) is 1. The largest absolute Gasteiger partial charge is 0.385 e. The van der Waals surface area contributed by atoms with Crippen LogP contribution in [-0.4, -0.2) is 11.5 Å². The highest BCUT2D eigenvalue weighted by molar-refractivity contribution is 5.95. The first-order valence-corrected chi connectivity index (χ1v) is 10.0. The highest BCUT2D eigenvalue weighted by Crippen LogP contribution is 2.38. The van der Waals surface area contributed by atoms with Gasteiger partial charge < -0.3 is 10.3 Å². The number of rotatable bonds is 7. The lowest BCUT2D eigenvalue weighted by molar-refractivity contribution is 0.689. The molecule has 2 nitrogen and oxygen atoms in total. The molecule has 0 amide bonds. The fourth-order valence-corrected chi connectivity index (χ4v) is 4.01. The molecule has 0 radical (unpaired) electrons. The third-order valence-corrected chi connectivity index (χ3v) is 5.53. The Balaban J connectivity index is 1.89. The number of aromatic nitrogens is 1. The van der Waals surface area contributed by atoms with Gasteiger partial charge in [0.2, 0.25) is 0 Å². The fourth-order valence-electron chi connectivity index (χ4n) is 4.01. The van der Waals surface area contributed by atoms with Gasteiger partial charge >= 0.3 is 0 Å². The van der Waals surface area contributed by atoms with E-state index in [2.05, 4.69) is 75.4 Å². The summed E-state index contributed by atoms with van der Waals surface area (Å²) >= 11 is 0. The number of fused-ring (bicyclic) bond motifs is 1. The van der Waals surface area contributed by atoms with E-state index < -0.39 is 0 Å². The van der Waals surface area contributed by atoms with Gasteiger partial charge in [-0.15, -0.1) is 0 Å². The molecule has 2 heteroatoms. The van der Waals surface area contributed by atoms with Gasteiger partial charge in [-0.2, -0.15) is 0 Å². The Labute approximate surface area is 164 Å². The van der Waals surface area contributed by atoms with Gasteiger partial charge in [-0.05, 0) is 67.5 Å². The van der Waals surface area contributed by atoms with Crippen LogP contribution in [0.15, 0.2) is 36.9 Å². The van der Waals surface area contributed by atoms with E-state index in [1.165, 1.54) is 63.9 Å². The number of allylic oxidation sites excluding steroid dienone is 2. The number of hydrogen-bond donors (Lipinski definition) is 2. The Morgan fingerprint density at radius 2 is 2.00 bits per heavy atom. The Bertz CT molecular complexity index is 909. The summed E-state index contributed by atoms with van der Waals surface area (Å²) < 4.78 is 0. The van der Waals surface area contributed by atoms with Crippen molar-refractivity contribution < 1.29 is 0 Å². The van der Waals surface area contributed by atoms with Crippen LogP contribution >= 0.6 is 0 Å². The molecule has 0 aliphatic heterocycles. The molecule has 0 saturated carbocycles. The lowest BCUT2D eigenvalue weighted by Gasteiger charge is -2.10. The lowest BCUT2D eigenvalue weighted by atomic mass is 10.0. The molecule has 1 heterocycles. The zero-order valence-corrected chi connectivity index (χ0v) is 17.3. The molecule has 0 saturated heterocycles. The van der Waals surface area contributed by atoms with Crippen molar-refractivity contribution in [3.05, 3.63) is 76.1 Å². The predicted octanol–water partition coefficient (Wildman–Crippen LogP) is 6.34. The van der Waals surface area contributed by atoms with Crippen LogP contribution in [0.4, 0.5) is 0 Å². The smallest absolute Gasteiger partial charge is 0.0425 e. The van der Waals surface area contributed by atoms with Crippen molar-refractivity contribution in [1.82, 2.24) is 10.3 Å². The topological polar surface area (TPSA) is 27.8 Å². The first kappa shape index (κ1) is 19.3. The van der Waals surface area contributed by atoms with Gasteiger partial charge in [0.25, 0.3) is 0 Å². The minimum atomic E-state index is 0.943. The van der Waals surface area contributed by atoms with Crippen molar-refractivity contribution in [2.24, 2.45) is 0 Å². The summed E-state index contributed by atoms with van der Waals surface area (Å²) in [6.07, 6.45) is 6.88. The highest BCUT2D eigenvalue weighted by atomic mass is 14.9. The van der Waals surface area contributed by atoms with Crippen LogP contribution in [0, 0.1) is 20.8 Å². The van der Waals surface area contributed by atoms with E-state index in [4.69, 9.17) is 0 Å². The van der Waals surface area contributed by atoms with Gasteiger partial charge in [-0.1, -0.05) is 56.7 Å². The molecule has 0 spiro atoms. The van der Waals surface area contributed by atoms with Crippen molar-refractivity contribution in [3.8, 4) is 0 Å². The Kier molecular flexibility index (Phi) is 5.74. The number of benzene rings is 1. The molecule has 2 N–H and O–H groups in total. The quantitative estimate of drug-likeness (QED) is 0.554. The summed E-state index contributed by atoms with van der Waals surface area (Å²) in [6, 6.07) is 6.70. The van der Waals surface area contributed by atoms with Gasteiger partial charge in [0, 0.05) is 29.2 Å². The molecule has 0 atom stereocenters. The summed E-state index contributed by atoms with van der Waals surface area (Å²) in [7, 11) is 0. The standard InChI is InChI=1S/C25H32N2/c1-7-8-9-12-26-19(5)25-18(4)24(27-20(25)6)15-22-17(3)14-21-11-10-16(2)13-23(21)22/h10-11,13,15,26-27H,3,5,7-9,12,14H2,1-2,4,6H3/b22-15+. The molecule has 27 heavy (non-hydrogen) atoms. The number of unbranched alkanes of at least 4 members (excludes halogenated alkanes) is 2. The first-order chi connectivity index (χ1) is 12.9. The molecule has 142 valence electrons. The van der Waals surface area contributed by atoms with Crippen LogP contribution in [0.25, 0.3) is 17.3 Å². The van der Waals surface area contributed by atoms with E-state index in [-0.39, 0.29) is 0 Å². The zero-order chi connectivity index (χ0) is 19.6. The Hall–Kier alpha value is -2.48. The van der Waals surface area contributed by atoms with Gasteiger partial charge in [0.05, 0.1) is 0 Å². The Morgan fingerprint density at radius 1 is 1.22 bits per heavy atom. The summed E-state index contributed by atoms with van der Waals surface area (Å²) in [4.78, 5) is 3.57. The van der Waals surface area contributed by atoms with Crippen LogP contribution in [-0.2, 0) is 6.42 Å². The average molecular weight is 361 g/mol. The van der Waals surface area contributed by atoms with Crippen molar-refractivity contribution in [2.45, 2.75) is 53.4 Å². The van der Waals surface area contributed by atoms with E-state index in [0.29, 0.717) is 0 Å². The molecule has 1 aromatic carbocycles. The molecular weight excluding hydrogens is 328 g/mol. The lowest BCUT2D eigenvalue weighted by Crippen LogP contribution is -2.13. The molecule has 1 aromatic heterocycles. The summed E-state index contributed by atoms with van der Waals surface area (Å²) in [5.74, 6) is 0. The van der Waals surface area contributed by atoms with E-state index >= 15 is 0 Å². The molecule has 2 aromatic rings. The monoisotopic (exact) mass is 360 g/mol. The molecule has 1 aliphatic carbocycles. The van der Waals surface area contributed by atoms with Crippen LogP contribution in [0.1, 0.15) is 65.4 Å². The summed E-state index contributed by atoms with van der Waals surface area (Å²) in [6.45, 7) is 18.3. The second kappa shape index (κ2) is 8.04. The van der Waals surface area contributed by atoms with Gasteiger partial charge in [-0.25, -0.2) is 0 Å². The number of nitrogens with one attached hydrogen (secondary N) is 2. The molecule has 0 unspecified atom stereocenters. The highest BCUT2D eigenvalue weighted by Gasteiger charge is 2.21. The maximum atomic E-state index is 4.32. The second-order valence-corrected chi connectivity index (χ2v) is 7.78. The van der Waals surface area contributed by atoms with Crippen LogP contribution in [0.2, 0.25) is 0 Å². The summed E-state index contributed by atoms with van der Waals surface area (Å²) in [5.41, 5.74) is 12.2. The maximum Gasteiger partial charge on any atom is 0.0425 e. The van der Waals surface area contributed by atoms with Crippen molar-refractivity contribution in [3.63, 3.8) is 0 Å². The first-order valence-electron chi connectivity index (χ1n) is 10.0. The van der Waals surface area contributed by atoms with Crippen LogP contribution < -0.4 is 5.32 Å². The number of aryl methyl sites for hydroxylation is 2. The third-order valence-electron chi connectivity index (χ3n) is 5.53. The second-order valence-electron chi connectivity index (χ2n) is 7.78. The molecule has 0 bridgehead atoms. The van der Waals surface area contributed by atoms with Gasteiger partial charge in [-0.3, -0.25) is 0 Å². The van der Waals surface area contributed by atoms with Crippen LogP contribution in [0.5, 0.6) is 0 Å². The van der Waals surface area contributed by atoms with E-state index in [1.54, 1.807) is 0 Å². The maximum absolute atomic E-state index is 4.32. The summed E-state index contributed by atoms with van der Waals surface area (Å²) in [5, 5.41) is 3.50. The predicted molar refractivity (Wildman–Crippen MR) is 119 cm³/mol. The third kappa shape index (κ3) is 3.95. The van der Waals surface area contributed by atoms with Crippen molar-refractivity contribution in [1.29, 1.82) is 0 Å². The normalized spacial score (nSPS) is 14.7. The fraction of sp³-hybridized carbons (Fsp3) is 0.360. The van der Waals surface area contributed by atoms with E-state index in [1.807, 2.05) is 0 Å². The molecule has 3 rings (SSSR count). The van der Waals surface area contributed by atoms with Gasteiger partial charge in [0.15, 0.2) is 0 Å². The molecule has 0 fully saturated rings. The minimum Gasteiger partial charge on any atom is -0.385 e. The molecular formula is C25H32N2. The molecule has 1 aliphatic rings. The van der Waals surface area contributed by atoms with Crippen molar-refractivity contribution in [2.75, 3.05) is 6.54 Å². The minimum absolute atomic E-state index is 0.943.